The SMILES string of the molecule is Cc1cccc(=O)n1C(C(=O)Nc1cccc(N)c1)C(C)C. The smallest absolute Gasteiger partial charge is 0.251 e. The third-order valence-corrected chi connectivity index (χ3v) is 3.53. The molecule has 1 heterocycles. The number of benzene rings is 1. The topological polar surface area (TPSA) is 77.1 Å². The van der Waals surface area contributed by atoms with Crippen molar-refractivity contribution < 1.29 is 4.79 Å². The summed E-state index contributed by atoms with van der Waals surface area (Å²) in [5.74, 6) is -0.253. The summed E-state index contributed by atoms with van der Waals surface area (Å²) >= 11 is 0. The lowest BCUT2D eigenvalue weighted by Gasteiger charge is -2.24. The number of aryl methyl sites for hydroxylation is 1. The number of anilines is 2. The Morgan fingerprint density at radius 1 is 1.18 bits per heavy atom. The van der Waals surface area contributed by atoms with E-state index < -0.39 is 6.04 Å². The second-order valence-electron chi connectivity index (χ2n) is 5.68. The average Bonchev–Trinajstić information content (AvgIpc) is 2.42. The van der Waals surface area contributed by atoms with Crippen molar-refractivity contribution in [3.63, 3.8) is 0 Å². The zero-order chi connectivity index (χ0) is 16.3. The van der Waals surface area contributed by atoms with Gasteiger partial charge in [0.15, 0.2) is 0 Å². The molecule has 0 aliphatic heterocycles. The molecule has 0 saturated carbocycles. The summed E-state index contributed by atoms with van der Waals surface area (Å²) in [5.41, 5.74) is 7.50. The van der Waals surface area contributed by atoms with Gasteiger partial charge in [-0.2, -0.15) is 0 Å². The van der Waals surface area contributed by atoms with Gasteiger partial charge in [-0.05, 0) is 37.1 Å². The first-order valence-corrected chi connectivity index (χ1v) is 7.24. The number of pyridine rings is 1. The van der Waals surface area contributed by atoms with E-state index in [9.17, 15) is 9.59 Å². The summed E-state index contributed by atoms with van der Waals surface area (Å²) in [6, 6.07) is 11.4. The largest absolute Gasteiger partial charge is 0.399 e. The highest BCUT2D eigenvalue weighted by Gasteiger charge is 2.26. The molecule has 0 aliphatic carbocycles. The lowest BCUT2D eigenvalue weighted by atomic mass is 10.0. The number of carbonyl (C=O) groups excluding carboxylic acids is 1. The third kappa shape index (κ3) is 3.36. The van der Waals surface area contributed by atoms with Gasteiger partial charge < -0.3 is 15.6 Å². The minimum atomic E-state index is -0.574. The zero-order valence-corrected chi connectivity index (χ0v) is 13.0. The van der Waals surface area contributed by atoms with Crippen LogP contribution in [0.25, 0.3) is 0 Å². The molecule has 0 spiro atoms. The maximum absolute atomic E-state index is 12.7. The quantitative estimate of drug-likeness (QED) is 0.852. The number of nitrogens with zero attached hydrogens (tertiary/aromatic N) is 1. The van der Waals surface area contributed by atoms with Crippen LogP contribution in [0.2, 0.25) is 0 Å². The van der Waals surface area contributed by atoms with E-state index in [1.54, 1.807) is 30.3 Å². The van der Waals surface area contributed by atoms with Crippen LogP contribution in [-0.2, 0) is 4.79 Å². The van der Waals surface area contributed by atoms with Gasteiger partial charge in [0.05, 0.1) is 0 Å². The van der Waals surface area contributed by atoms with Crippen molar-refractivity contribution in [1.29, 1.82) is 0 Å². The first kappa shape index (κ1) is 15.8. The predicted octanol–water partition coefficient (Wildman–Crippen LogP) is 2.57. The van der Waals surface area contributed by atoms with Crippen LogP contribution in [0.3, 0.4) is 0 Å². The zero-order valence-electron chi connectivity index (χ0n) is 13.0. The van der Waals surface area contributed by atoms with Gasteiger partial charge in [0.2, 0.25) is 5.91 Å². The van der Waals surface area contributed by atoms with Crippen LogP contribution in [0.15, 0.2) is 47.3 Å². The highest BCUT2D eigenvalue weighted by atomic mass is 16.2. The number of hydrogen-bond donors (Lipinski definition) is 2. The van der Waals surface area contributed by atoms with Crippen molar-refractivity contribution >= 4 is 17.3 Å². The van der Waals surface area contributed by atoms with E-state index in [0.717, 1.165) is 5.69 Å². The summed E-state index contributed by atoms with van der Waals surface area (Å²) in [6.07, 6.45) is 0. The van der Waals surface area contributed by atoms with Crippen molar-refractivity contribution in [2.75, 3.05) is 11.1 Å². The molecule has 2 rings (SSSR count). The maximum atomic E-state index is 12.7. The first-order chi connectivity index (χ1) is 10.4. The number of hydrogen-bond acceptors (Lipinski definition) is 3. The highest BCUT2D eigenvalue weighted by Crippen LogP contribution is 2.21. The molecule has 1 aromatic carbocycles. The molecule has 116 valence electrons. The average molecular weight is 299 g/mol. The molecule has 22 heavy (non-hydrogen) atoms. The Balaban J connectivity index is 2.36. The molecule has 5 heteroatoms. The van der Waals surface area contributed by atoms with Crippen LogP contribution >= 0.6 is 0 Å². The van der Waals surface area contributed by atoms with E-state index >= 15 is 0 Å². The Hall–Kier alpha value is -2.56. The maximum Gasteiger partial charge on any atom is 0.251 e. The van der Waals surface area contributed by atoms with Gasteiger partial charge in [0.25, 0.3) is 5.56 Å². The number of rotatable bonds is 4. The van der Waals surface area contributed by atoms with Crippen molar-refractivity contribution in [3.8, 4) is 0 Å². The molecule has 1 unspecified atom stereocenters. The molecule has 0 bridgehead atoms. The summed E-state index contributed by atoms with van der Waals surface area (Å²) in [5, 5.41) is 2.84. The third-order valence-electron chi connectivity index (χ3n) is 3.53. The van der Waals surface area contributed by atoms with Crippen LogP contribution in [0, 0.1) is 12.8 Å². The van der Waals surface area contributed by atoms with Crippen molar-refractivity contribution in [3.05, 3.63) is 58.5 Å². The standard InChI is InChI=1S/C17H21N3O2/c1-11(2)16(20-12(3)6-4-9-15(20)21)17(22)19-14-8-5-7-13(18)10-14/h4-11,16H,18H2,1-3H3,(H,19,22). The molecule has 3 N–H and O–H groups in total. The van der Waals surface area contributed by atoms with Crippen LogP contribution < -0.4 is 16.6 Å². The Morgan fingerprint density at radius 2 is 1.86 bits per heavy atom. The van der Waals surface area contributed by atoms with E-state index in [0.29, 0.717) is 11.4 Å². The van der Waals surface area contributed by atoms with Crippen LogP contribution in [0.1, 0.15) is 25.6 Å². The summed E-state index contributed by atoms with van der Waals surface area (Å²) in [6.45, 7) is 5.66. The molecule has 2 aromatic rings. The summed E-state index contributed by atoms with van der Waals surface area (Å²) < 4.78 is 1.53. The van der Waals surface area contributed by atoms with E-state index in [4.69, 9.17) is 5.73 Å². The molecule has 0 fully saturated rings. The first-order valence-electron chi connectivity index (χ1n) is 7.24. The normalized spacial score (nSPS) is 12.2. The number of aromatic nitrogens is 1. The molecular weight excluding hydrogens is 278 g/mol. The molecule has 1 aromatic heterocycles. The van der Waals surface area contributed by atoms with Crippen LogP contribution in [-0.4, -0.2) is 10.5 Å². The van der Waals surface area contributed by atoms with Gasteiger partial charge in [-0.15, -0.1) is 0 Å². The van der Waals surface area contributed by atoms with Crippen molar-refractivity contribution in [2.45, 2.75) is 26.8 Å². The molecule has 0 saturated heterocycles. The number of nitrogens with two attached hydrogens (primary N) is 1. The fourth-order valence-corrected chi connectivity index (χ4v) is 2.51. The number of carbonyl (C=O) groups is 1. The van der Waals surface area contributed by atoms with Crippen molar-refractivity contribution in [2.24, 2.45) is 5.92 Å². The Labute approximate surface area is 129 Å². The van der Waals surface area contributed by atoms with Gasteiger partial charge in [0, 0.05) is 23.1 Å². The predicted molar refractivity (Wildman–Crippen MR) is 88.8 cm³/mol. The van der Waals surface area contributed by atoms with E-state index in [1.807, 2.05) is 26.8 Å². The number of amides is 1. The van der Waals surface area contributed by atoms with E-state index in [1.165, 1.54) is 10.6 Å². The lowest BCUT2D eigenvalue weighted by Crippen LogP contribution is -2.37. The van der Waals surface area contributed by atoms with Crippen LogP contribution in [0.5, 0.6) is 0 Å². The minimum absolute atomic E-state index is 0.0279. The molecule has 5 nitrogen and oxygen atoms in total. The van der Waals surface area contributed by atoms with Gasteiger partial charge in [-0.25, -0.2) is 0 Å². The molecular formula is C17H21N3O2. The van der Waals surface area contributed by atoms with Gasteiger partial charge in [-0.3, -0.25) is 9.59 Å². The Bertz CT molecular complexity index is 735. The molecule has 0 radical (unpaired) electrons. The highest BCUT2D eigenvalue weighted by molar-refractivity contribution is 5.94. The molecule has 1 atom stereocenters. The fraction of sp³-hybridized carbons (Fsp3) is 0.294. The van der Waals surface area contributed by atoms with Gasteiger partial charge in [0.1, 0.15) is 6.04 Å². The second kappa shape index (κ2) is 6.47. The molecule has 0 aliphatic rings. The minimum Gasteiger partial charge on any atom is -0.399 e. The number of nitrogens with one attached hydrogen (secondary N) is 1. The van der Waals surface area contributed by atoms with Gasteiger partial charge >= 0.3 is 0 Å². The van der Waals surface area contributed by atoms with E-state index in [2.05, 4.69) is 5.32 Å². The van der Waals surface area contributed by atoms with Crippen molar-refractivity contribution in [1.82, 2.24) is 4.57 Å². The number of nitrogen functional groups attached to an aromatic ring is 1. The van der Waals surface area contributed by atoms with E-state index in [-0.39, 0.29) is 17.4 Å². The summed E-state index contributed by atoms with van der Waals surface area (Å²) in [4.78, 5) is 24.8. The fourth-order valence-electron chi connectivity index (χ4n) is 2.51. The Kier molecular flexibility index (Phi) is 4.65. The monoisotopic (exact) mass is 299 g/mol. The second-order valence-corrected chi connectivity index (χ2v) is 5.68. The van der Waals surface area contributed by atoms with Gasteiger partial charge in [-0.1, -0.05) is 26.0 Å². The lowest BCUT2D eigenvalue weighted by molar-refractivity contribution is -0.120. The Morgan fingerprint density at radius 3 is 2.45 bits per heavy atom. The summed E-state index contributed by atoms with van der Waals surface area (Å²) in [7, 11) is 0. The van der Waals surface area contributed by atoms with Crippen LogP contribution in [0.4, 0.5) is 11.4 Å². The molecule has 1 amide bonds.